The highest BCUT2D eigenvalue weighted by atomic mass is 32.2. The second kappa shape index (κ2) is 8.27. The SMILES string of the molecule is COc1ccc(C(=O)C(NC2=NC(C)CS2)c2ccc(OC)cc2)cc1. The first kappa shape index (κ1) is 18.3. The number of benzene rings is 2. The van der Waals surface area contributed by atoms with Crippen molar-refractivity contribution in [3.05, 3.63) is 59.7 Å². The van der Waals surface area contributed by atoms with E-state index in [4.69, 9.17) is 9.47 Å². The summed E-state index contributed by atoms with van der Waals surface area (Å²) in [5.41, 5.74) is 1.49. The van der Waals surface area contributed by atoms with Crippen LogP contribution in [-0.4, -0.2) is 37.0 Å². The Morgan fingerprint density at radius 3 is 2.15 bits per heavy atom. The number of carbonyl (C=O) groups is 1. The maximum absolute atomic E-state index is 13.2. The molecule has 26 heavy (non-hydrogen) atoms. The zero-order valence-electron chi connectivity index (χ0n) is 15.1. The molecule has 0 saturated carbocycles. The van der Waals surface area contributed by atoms with Crippen molar-refractivity contribution in [2.45, 2.75) is 19.0 Å². The molecule has 2 unspecified atom stereocenters. The van der Waals surface area contributed by atoms with Crippen molar-refractivity contribution in [3.8, 4) is 11.5 Å². The number of ether oxygens (including phenoxy) is 2. The molecule has 6 heteroatoms. The Morgan fingerprint density at radius 2 is 1.65 bits per heavy atom. The number of carbonyl (C=O) groups excluding carboxylic acids is 1. The van der Waals surface area contributed by atoms with Crippen LogP contribution in [-0.2, 0) is 0 Å². The third-order valence-electron chi connectivity index (χ3n) is 4.15. The topological polar surface area (TPSA) is 59.9 Å². The fraction of sp³-hybridized carbons (Fsp3) is 0.300. The molecule has 0 radical (unpaired) electrons. The third-order valence-corrected chi connectivity index (χ3v) is 5.30. The van der Waals surface area contributed by atoms with Crippen LogP contribution in [0.4, 0.5) is 0 Å². The van der Waals surface area contributed by atoms with Gasteiger partial charge < -0.3 is 14.8 Å². The molecule has 0 bridgehead atoms. The summed E-state index contributed by atoms with van der Waals surface area (Å²) in [4.78, 5) is 17.7. The van der Waals surface area contributed by atoms with Crippen LogP contribution in [0.1, 0.15) is 28.9 Å². The van der Waals surface area contributed by atoms with E-state index in [9.17, 15) is 4.79 Å². The zero-order chi connectivity index (χ0) is 18.5. The minimum absolute atomic E-state index is 0.0133. The largest absolute Gasteiger partial charge is 0.497 e. The molecule has 3 rings (SSSR count). The molecule has 1 aliphatic rings. The van der Waals surface area contributed by atoms with E-state index in [-0.39, 0.29) is 11.8 Å². The Bertz CT molecular complexity index is 788. The van der Waals surface area contributed by atoms with E-state index in [1.807, 2.05) is 24.3 Å². The minimum atomic E-state index is -0.508. The molecule has 136 valence electrons. The second-order valence-electron chi connectivity index (χ2n) is 6.04. The summed E-state index contributed by atoms with van der Waals surface area (Å²) in [7, 11) is 3.23. The van der Waals surface area contributed by atoms with Gasteiger partial charge in [-0.1, -0.05) is 23.9 Å². The zero-order valence-corrected chi connectivity index (χ0v) is 15.9. The standard InChI is InChI=1S/C20H22N2O3S/c1-13-12-26-20(21-13)22-18(14-4-8-16(24-2)9-5-14)19(23)15-6-10-17(25-3)11-7-15/h4-11,13,18H,12H2,1-3H3,(H,21,22). The number of hydrogen-bond acceptors (Lipinski definition) is 6. The van der Waals surface area contributed by atoms with Gasteiger partial charge in [-0.15, -0.1) is 0 Å². The van der Waals surface area contributed by atoms with Crippen LogP contribution < -0.4 is 14.8 Å². The molecule has 1 N–H and O–H groups in total. The molecule has 2 aromatic rings. The quantitative estimate of drug-likeness (QED) is 0.786. The molecular formula is C20H22N2O3S. The van der Waals surface area contributed by atoms with Crippen LogP contribution in [0.2, 0.25) is 0 Å². The van der Waals surface area contributed by atoms with Crippen LogP contribution in [0.15, 0.2) is 53.5 Å². The van der Waals surface area contributed by atoms with Gasteiger partial charge in [0.1, 0.15) is 17.5 Å². The highest BCUT2D eigenvalue weighted by Gasteiger charge is 2.25. The Hall–Kier alpha value is -2.47. The van der Waals surface area contributed by atoms with Crippen molar-refractivity contribution < 1.29 is 14.3 Å². The lowest BCUT2D eigenvalue weighted by atomic mass is 9.97. The maximum atomic E-state index is 13.2. The number of thioether (sulfide) groups is 1. The molecule has 1 heterocycles. The first-order valence-electron chi connectivity index (χ1n) is 8.40. The molecule has 0 saturated heterocycles. The molecule has 0 spiro atoms. The van der Waals surface area contributed by atoms with Crippen molar-refractivity contribution in [1.82, 2.24) is 5.32 Å². The Morgan fingerprint density at radius 1 is 1.08 bits per heavy atom. The van der Waals surface area contributed by atoms with Crippen molar-refractivity contribution in [3.63, 3.8) is 0 Å². The highest BCUT2D eigenvalue weighted by Crippen LogP contribution is 2.25. The van der Waals surface area contributed by atoms with Gasteiger partial charge in [0.05, 0.1) is 20.3 Å². The summed E-state index contributed by atoms with van der Waals surface area (Å²) in [6.07, 6.45) is 0. The van der Waals surface area contributed by atoms with E-state index < -0.39 is 6.04 Å². The summed E-state index contributed by atoms with van der Waals surface area (Å²) < 4.78 is 10.4. The maximum Gasteiger partial charge on any atom is 0.189 e. The number of rotatable bonds is 6. The summed E-state index contributed by atoms with van der Waals surface area (Å²) >= 11 is 1.64. The Balaban J connectivity index is 1.89. The van der Waals surface area contributed by atoms with Crippen molar-refractivity contribution in [2.24, 2.45) is 4.99 Å². The van der Waals surface area contributed by atoms with Gasteiger partial charge in [0, 0.05) is 11.3 Å². The van der Waals surface area contributed by atoms with Crippen LogP contribution in [0.3, 0.4) is 0 Å². The molecule has 0 amide bonds. The van der Waals surface area contributed by atoms with Crippen LogP contribution in [0, 0.1) is 0 Å². The van der Waals surface area contributed by atoms with E-state index in [0.717, 1.165) is 28.0 Å². The Labute approximate surface area is 157 Å². The van der Waals surface area contributed by atoms with Gasteiger partial charge in [-0.2, -0.15) is 0 Å². The predicted molar refractivity (Wildman–Crippen MR) is 106 cm³/mol. The first-order valence-corrected chi connectivity index (χ1v) is 9.38. The van der Waals surface area contributed by atoms with Gasteiger partial charge >= 0.3 is 0 Å². The number of nitrogens with one attached hydrogen (secondary N) is 1. The molecule has 0 fully saturated rings. The lowest BCUT2D eigenvalue weighted by molar-refractivity contribution is 0.0952. The first-order chi connectivity index (χ1) is 12.6. The number of amidine groups is 1. The number of Topliss-reactive ketones (excluding diaryl/α,β-unsaturated/α-hetero) is 1. The number of aliphatic imine (C=N–C) groups is 1. The van der Waals surface area contributed by atoms with Gasteiger partial charge in [-0.05, 0) is 48.9 Å². The predicted octanol–water partition coefficient (Wildman–Crippen LogP) is 3.71. The summed E-state index contributed by atoms with van der Waals surface area (Å²) in [5, 5.41) is 4.12. The fourth-order valence-corrected chi connectivity index (χ4v) is 3.62. The van der Waals surface area contributed by atoms with E-state index >= 15 is 0 Å². The third kappa shape index (κ3) is 4.19. The lowest BCUT2D eigenvalue weighted by Gasteiger charge is -2.19. The van der Waals surface area contributed by atoms with Crippen LogP contribution in [0.25, 0.3) is 0 Å². The van der Waals surface area contributed by atoms with Gasteiger partial charge in [-0.25, -0.2) is 0 Å². The van der Waals surface area contributed by atoms with Gasteiger partial charge in [0.25, 0.3) is 0 Å². The van der Waals surface area contributed by atoms with Crippen LogP contribution in [0.5, 0.6) is 11.5 Å². The average molecular weight is 370 g/mol. The minimum Gasteiger partial charge on any atom is -0.497 e. The molecule has 0 aliphatic carbocycles. The van der Waals surface area contributed by atoms with Gasteiger partial charge in [0.2, 0.25) is 0 Å². The van der Waals surface area contributed by atoms with Crippen molar-refractivity contribution in [2.75, 3.05) is 20.0 Å². The number of ketones is 1. The summed E-state index contributed by atoms with van der Waals surface area (Å²) in [5.74, 6) is 2.39. The van der Waals surface area contributed by atoms with Crippen molar-refractivity contribution >= 4 is 22.7 Å². The molecule has 1 aliphatic heterocycles. The number of nitrogens with zero attached hydrogens (tertiary/aromatic N) is 1. The average Bonchev–Trinajstić information content (AvgIpc) is 3.10. The highest BCUT2D eigenvalue weighted by molar-refractivity contribution is 8.14. The molecular weight excluding hydrogens is 348 g/mol. The van der Waals surface area contributed by atoms with E-state index in [2.05, 4.69) is 17.2 Å². The summed E-state index contributed by atoms with van der Waals surface area (Å²) in [6.45, 7) is 2.06. The van der Waals surface area contributed by atoms with E-state index in [1.165, 1.54) is 0 Å². The van der Waals surface area contributed by atoms with Crippen LogP contribution >= 0.6 is 11.8 Å². The van der Waals surface area contributed by atoms with Crippen molar-refractivity contribution in [1.29, 1.82) is 0 Å². The van der Waals surface area contributed by atoms with E-state index in [0.29, 0.717) is 5.56 Å². The number of methoxy groups -OCH3 is 2. The molecule has 2 atom stereocenters. The lowest BCUT2D eigenvalue weighted by Crippen LogP contribution is -2.31. The smallest absolute Gasteiger partial charge is 0.189 e. The van der Waals surface area contributed by atoms with Gasteiger partial charge in [-0.3, -0.25) is 9.79 Å². The monoisotopic (exact) mass is 370 g/mol. The normalized spacial score (nSPS) is 17.3. The Kier molecular flexibility index (Phi) is 5.83. The molecule has 2 aromatic carbocycles. The second-order valence-corrected chi connectivity index (χ2v) is 7.05. The summed E-state index contributed by atoms with van der Waals surface area (Å²) in [6, 6.07) is 14.4. The molecule has 5 nitrogen and oxygen atoms in total. The fourth-order valence-electron chi connectivity index (χ4n) is 2.70. The molecule has 0 aromatic heterocycles. The van der Waals surface area contributed by atoms with Gasteiger partial charge in [0.15, 0.2) is 11.0 Å². The van der Waals surface area contributed by atoms with E-state index in [1.54, 1.807) is 50.2 Å². The number of hydrogen-bond donors (Lipinski definition) is 1.